The van der Waals surface area contributed by atoms with Gasteiger partial charge in [-0.2, -0.15) is 0 Å². The van der Waals surface area contributed by atoms with Gasteiger partial charge < -0.3 is 0 Å². The van der Waals surface area contributed by atoms with Gasteiger partial charge in [0, 0.05) is 6.20 Å². The van der Waals surface area contributed by atoms with E-state index in [4.69, 9.17) is 0 Å². The molecule has 0 aliphatic heterocycles. The van der Waals surface area contributed by atoms with Crippen LogP contribution in [0.1, 0.15) is 0 Å². The smallest absolute Gasteiger partial charge is 0.196 e. The molecule has 5 heteroatoms. The molecule has 0 saturated heterocycles. The Labute approximate surface area is 79.5 Å². The van der Waals surface area contributed by atoms with Gasteiger partial charge in [-0.15, -0.1) is 0 Å². The monoisotopic (exact) mass is 190 g/mol. The summed E-state index contributed by atoms with van der Waals surface area (Å²) in [6.45, 7) is 0. The maximum absolute atomic E-state index is 4.14. The molecule has 0 bridgehead atoms. The first kappa shape index (κ1) is 8.12. The van der Waals surface area contributed by atoms with Crippen LogP contribution in [0.4, 0.5) is 0 Å². The van der Waals surface area contributed by atoms with Gasteiger partial charge in [0.15, 0.2) is 5.16 Å². The molecule has 0 saturated carbocycles. The fraction of sp³-hybridized carbons (Fsp3) is 0. The molecule has 4 nitrogen and oxygen atoms in total. The van der Waals surface area contributed by atoms with E-state index in [1.54, 1.807) is 6.20 Å². The first-order chi connectivity index (χ1) is 6.45. The van der Waals surface area contributed by atoms with Gasteiger partial charge in [-0.05, 0) is 23.9 Å². The number of hydrogen-bond donors (Lipinski definition) is 0. The molecule has 64 valence electrons. The summed E-state index contributed by atoms with van der Waals surface area (Å²) >= 11 is 1.41. The van der Waals surface area contributed by atoms with Crippen LogP contribution in [-0.4, -0.2) is 19.9 Å². The van der Waals surface area contributed by atoms with Crippen molar-refractivity contribution in [3.05, 3.63) is 37.1 Å². The van der Waals surface area contributed by atoms with Crippen molar-refractivity contribution in [1.82, 2.24) is 19.9 Å². The van der Waals surface area contributed by atoms with Crippen molar-refractivity contribution in [2.45, 2.75) is 10.2 Å². The summed E-state index contributed by atoms with van der Waals surface area (Å²) in [5.74, 6) is 0. The predicted molar refractivity (Wildman–Crippen MR) is 48.2 cm³/mol. The molecule has 2 heterocycles. The topological polar surface area (TPSA) is 51.6 Å². The van der Waals surface area contributed by atoms with Crippen molar-refractivity contribution in [2.24, 2.45) is 0 Å². The van der Waals surface area contributed by atoms with E-state index in [-0.39, 0.29) is 0 Å². The lowest BCUT2D eigenvalue weighted by Gasteiger charge is -1.95. The van der Waals surface area contributed by atoms with Crippen LogP contribution >= 0.6 is 11.8 Å². The second-order valence-electron chi connectivity index (χ2n) is 2.19. The van der Waals surface area contributed by atoms with Gasteiger partial charge in [-0.1, -0.05) is 6.07 Å². The Balaban J connectivity index is 2.16. The number of pyridine rings is 1. The van der Waals surface area contributed by atoms with Crippen molar-refractivity contribution in [1.29, 1.82) is 0 Å². The number of nitrogens with zero attached hydrogens (tertiary/aromatic N) is 4. The lowest BCUT2D eigenvalue weighted by molar-refractivity contribution is 0.899. The maximum atomic E-state index is 4.14. The Morgan fingerprint density at radius 1 is 1.00 bits per heavy atom. The van der Waals surface area contributed by atoms with Crippen LogP contribution in [0.3, 0.4) is 0 Å². The molecule has 2 aromatic heterocycles. The van der Waals surface area contributed by atoms with Gasteiger partial charge in [0.1, 0.15) is 17.7 Å². The summed E-state index contributed by atoms with van der Waals surface area (Å²) in [6, 6.07) is 5.71. The van der Waals surface area contributed by atoms with Gasteiger partial charge in [0.2, 0.25) is 0 Å². The Morgan fingerprint density at radius 3 is 2.54 bits per heavy atom. The summed E-state index contributed by atoms with van der Waals surface area (Å²) < 4.78 is 0. The van der Waals surface area contributed by atoms with E-state index in [1.807, 2.05) is 18.2 Å². The molecule has 0 unspecified atom stereocenters. The van der Waals surface area contributed by atoms with Crippen molar-refractivity contribution in [3.8, 4) is 0 Å². The number of hydrogen-bond acceptors (Lipinski definition) is 5. The molecule has 0 aromatic carbocycles. The van der Waals surface area contributed by atoms with E-state index in [0.717, 1.165) is 5.03 Å². The van der Waals surface area contributed by atoms with Crippen LogP contribution in [0.2, 0.25) is 0 Å². The summed E-state index contributed by atoms with van der Waals surface area (Å²) in [7, 11) is 0. The molecule has 2 rings (SSSR count). The third kappa shape index (κ3) is 2.22. The van der Waals surface area contributed by atoms with Crippen LogP contribution in [0.15, 0.2) is 47.2 Å². The summed E-state index contributed by atoms with van der Waals surface area (Å²) in [6.07, 6.45) is 4.68. The minimum absolute atomic E-state index is 0.661. The van der Waals surface area contributed by atoms with E-state index in [9.17, 15) is 0 Å². The molecule has 0 aliphatic rings. The first-order valence-corrected chi connectivity index (χ1v) is 4.48. The molecule has 0 spiro atoms. The van der Waals surface area contributed by atoms with E-state index < -0.39 is 0 Å². The second kappa shape index (κ2) is 3.95. The largest absolute Gasteiger partial charge is 0.249 e. The molecule has 0 aliphatic carbocycles. The van der Waals surface area contributed by atoms with Gasteiger partial charge in [0.05, 0.1) is 0 Å². The third-order valence-electron chi connectivity index (χ3n) is 1.30. The SMILES string of the molecule is c1ccc(Sc2ncncn2)nc1. The molecular weight excluding hydrogens is 184 g/mol. The lowest BCUT2D eigenvalue weighted by Crippen LogP contribution is -1.86. The fourth-order valence-electron chi connectivity index (χ4n) is 0.782. The predicted octanol–water partition coefficient (Wildman–Crippen LogP) is 1.42. The Hall–Kier alpha value is -1.49. The number of rotatable bonds is 2. The molecule has 0 atom stereocenters. The van der Waals surface area contributed by atoms with E-state index >= 15 is 0 Å². The maximum Gasteiger partial charge on any atom is 0.196 e. The van der Waals surface area contributed by atoms with Crippen LogP contribution in [0.25, 0.3) is 0 Å². The Kier molecular flexibility index (Phi) is 2.47. The quantitative estimate of drug-likeness (QED) is 0.716. The Bertz CT molecular complexity index is 327. The average molecular weight is 190 g/mol. The van der Waals surface area contributed by atoms with Crippen LogP contribution in [0.5, 0.6) is 0 Å². The minimum atomic E-state index is 0.661. The van der Waals surface area contributed by atoms with Crippen LogP contribution in [-0.2, 0) is 0 Å². The average Bonchev–Trinajstić information content (AvgIpc) is 2.21. The summed E-state index contributed by atoms with van der Waals surface area (Å²) in [5.41, 5.74) is 0. The zero-order valence-electron chi connectivity index (χ0n) is 6.66. The van der Waals surface area contributed by atoms with Crippen LogP contribution < -0.4 is 0 Å². The summed E-state index contributed by atoms with van der Waals surface area (Å²) in [5, 5.41) is 1.54. The fourth-order valence-corrected chi connectivity index (χ4v) is 1.43. The number of aromatic nitrogens is 4. The van der Waals surface area contributed by atoms with E-state index in [1.165, 1.54) is 24.4 Å². The second-order valence-corrected chi connectivity index (χ2v) is 3.18. The van der Waals surface area contributed by atoms with E-state index in [2.05, 4.69) is 19.9 Å². The zero-order valence-corrected chi connectivity index (χ0v) is 7.48. The standard InChI is InChI=1S/C8H6N4S/c1-2-4-10-7(3-1)13-8-11-5-9-6-12-8/h1-6H. The van der Waals surface area contributed by atoms with E-state index in [0.29, 0.717) is 5.16 Å². The first-order valence-electron chi connectivity index (χ1n) is 3.66. The molecule has 0 fully saturated rings. The van der Waals surface area contributed by atoms with Gasteiger partial charge in [0.25, 0.3) is 0 Å². The van der Waals surface area contributed by atoms with Crippen molar-refractivity contribution in [2.75, 3.05) is 0 Å². The highest BCUT2D eigenvalue weighted by Gasteiger charge is 1.98. The molecule has 0 amide bonds. The third-order valence-corrected chi connectivity index (χ3v) is 2.15. The highest BCUT2D eigenvalue weighted by molar-refractivity contribution is 7.99. The van der Waals surface area contributed by atoms with Crippen molar-refractivity contribution in [3.63, 3.8) is 0 Å². The highest BCUT2D eigenvalue weighted by atomic mass is 32.2. The molecule has 2 aromatic rings. The van der Waals surface area contributed by atoms with Gasteiger partial charge in [-0.25, -0.2) is 19.9 Å². The Morgan fingerprint density at radius 2 is 1.85 bits per heavy atom. The van der Waals surface area contributed by atoms with Crippen molar-refractivity contribution >= 4 is 11.8 Å². The minimum Gasteiger partial charge on any atom is -0.249 e. The lowest BCUT2D eigenvalue weighted by atomic mass is 10.5. The molecular formula is C8H6N4S. The molecule has 13 heavy (non-hydrogen) atoms. The zero-order chi connectivity index (χ0) is 8.93. The highest BCUT2D eigenvalue weighted by Crippen LogP contribution is 2.20. The summed E-state index contributed by atoms with van der Waals surface area (Å²) in [4.78, 5) is 15.8. The van der Waals surface area contributed by atoms with Crippen molar-refractivity contribution < 1.29 is 0 Å². The van der Waals surface area contributed by atoms with Gasteiger partial charge in [-0.3, -0.25) is 0 Å². The molecule has 0 radical (unpaired) electrons. The normalized spacial score (nSPS) is 9.85. The molecule has 0 N–H and O–H groups in total. The van der Waals surface area contributed by atoms with Crippen LogP contribution in [0, 0.1) is 0 Å². The van der Waals surface area contributed by atoms with Gasteiger partial charge >= 0.3 is 0 Å².